The molecule has 0 bridgehead atoms. The highest BCUT2D eigenvalue weighted by Crippen LogP contribution is 2.33. The van der Waals surface area contributed by atoms with Gasteiger partial charge in [0.1, 0.15) is 11.4 Å². The number of aromatic carboxylic acids is 1. The number of thiophene rings is 1. The number of hydrogen-bond donors (Lipinski definition) is 2. The van der Waals surface area contributed by atoms with Gasteiger partial charge in [0.25, 0.3) is 5.56 Å². The van der Waals surface area contributed by atoms with Gasteiger partial charge in [-0.3, -0.25) is 4.79 Å². The van der Waals surface area contributed by atoms with Gasteiger partial charge in [0, 0.05) is 23.9 Å². The molecule has 0 aromatic carbocycles. The Morgan fingerprint density at radius 2 is 2.00 bits per heavy atom. The maximum absolute atomic E-state index is 12.0. The third kappa shape index (κ3) is 3.16. The molecular weight excluding hydrogens is 340 g/mol. The topological polar surface area (TPSA) is 111 Å². The standard InChI is InChI=1S/C17H16N4O3S/c1-9(2)21-8-10(5-6-12(21)22)13-14(11-4-3-7-25-11)20-16(18)15(19-13)17(23)24/h3-9H,1-2H3,(H2,18,20)(H,23,24). The lowest BCUT2D eigenvalue weighted by Crippen LogP contribution is -2.20. The molecule has 0 saturated carbocycles. The lowest BCUT2D eigenvalue weighted by atomic mass is 10.1. The van der Waals surface area contributed by atoms with E-state index in [1.165, 1.54) is 17.4 Å². The monoisotopic (exact) mass is 356 g/mol. The second-order valence-corrected chi connectivity index (χ2v) is 6.64. The molecule has 0 unspecified atom stereocenters. The average Bonchev–Trinajstić information content (AvgIpc) is 3.09. The molecule has 0 radical (unpaired) electrons. The number of carboxylic acid groups (broad SMARTS) is 1. The van der Waals surface area contributed by atoms with Gasteiger partial charge in [0.2, 0.25) is 0 Å². The number of nitrogens with zero attached hydrogens (tertiary/aromatic N) is 3. The van der Waals surface area contributed by atoms with Crippen molar-refractivity contribution in [1.82, 2.24) is 14.5 Å². The molecule has 3 aromatic rings. The number of hydrogen-bond acceptors (Lipinski definition) is 6. The molecule has 0 aliphatic carbocycles. The summed E-state index contributed by atoms with van der Waals surface area (Å²) in [6.07, 6.45) is 1.66. The summed E-state index contributed by atoms with van der Waals surface area (Å²) in [4.78, 5) is 32.7. The number of pyridine rings is 1. The summed E-state index contributed by atoms with van der Waals surface area (Å²) in [7, 11) is 0. The molecule has 0 fully saturated rings. The predicted molar refractivity (Wildman–Crippen MR) is 96.8 cm³/mol. The Balaban J connectivity index is 2.30. The summed E-state index contributed by atoms with van der Waals surface area (Å²) in [6.45, 7) is 3.78. The van der Waals surface area contributed by atoms with E-state index in [0.717, 1.165) is 4.88 Å². The Morgan fingerprint density at radius 3 is 2.60 bits per heavy atom. The van der Waals surface area contributed by atoms with E-state index in [2.05, 4.69) is 9.97 Å². The molecule has 3 N–H and O–H groups in total. The summed E-state index contributed by atoms with van der Waals surface area (Å²) in [5.74, 6) is -1.39. The Hall–Kier alpha value is -3.00. The molecule has 3 heterocycles. The average molecular weight is 356 g/mol. The molecule has 3 rings (SSSR count). The molecule has 0 atom stereocenters. The Bertz CT molecular complexity index is 994. The minimum Gasteiger partial charge on any atom is -0.476 e. The Kier molecular flexibility index (Phi) is 4.37. The summed E-state index contributed by atoms with van der Waals surface area (Å²) in [5.41, 5.74) is 6.80. The molecule has 8 heteroatoms. The largest absolute Gasteiger partial charge is 0.476 e. The second kappa shape index (κ2) is 6.48. The number of rotatable bonds is 4. The fourth-order valence-electron chi connectivity index (χ4n) is 2.44. The van der Waals surface area contributed by atoms with Gasteiger partial charge in [0.15, 0.2) is 11.5 Å². The first-order valence-electron chi connectivity index (χ1n) is 7.55. The van der Waals surface area contributed by atoms with E-state index < -0.39 is 5.97 Å². The quantitative estimate of drug-likeness (QED) is 0.743. The number of aromatic nitrogens is 3. The van der Waals surface area contributed by atoms with Crippen LogP contribution in [0.2, 0.25) is 0 Å². The van der Waals surface area contributed by atoms with Crippen LogP contribution in [0.15, 0.2) is 40.6 Å². The minimum absolute atomic E-state index is 0.0432. The van der Waals surface area contributed by atoms with Gasteiger partial charge < -0.3 is 15.4 Å². The lowest BCUT2D eigenvalue weighted by Gasteiger charge is -2.14. The van der Waals surface area contributed by atoms with Crippen molar-refractivity contribution in [3.8, 4) is 21.8 Å². The van der Waals surface area contributed by atoms with Gasteiger partial charge in [-0.25, -0.2) is 14.8 Å². The van der Waals surface area contributed by atoms with Gasteiger partial charge in [-0.15, -0.1) is 11.3 Å². The van der Waals surface area contributed by atoms with E-state index in [1.54, 1.807) is 16.8 Å². The number of nitrogen functional groups attached to an aromatic ring is 1. The molecular formula is C17H16N4O3S. The van der Waals surface area contributed by atoms with Gasteiger partial charge in [0.05, 0.1) is 4.88 Å². The van der Waals surface area contributed by atoms with Crippen molar-refractivity contribution >= 4 is 23.1 Å². The van der Waals surface area contributed by atoms with Crippen LogP contribution in [0.4, 0.5) is 5.82 Å². The van der Waals surface area contributed by atoms with Crippen LogP contribution >= 0.6 is 11.3 Å². The molecule has 7 nitrogen and oxygen atoms in total. The van der Waals surface area contributed by atoms with Crippen LogP contribution in [0.1, 0.15) is 30.4 Å². The van der Waals surface area contributed by atoms with Gasteiger partial charge in [-0.1, -0.05) is 6.07 Å². The predicted octanol–water partition coefficient (Wildman–Crippen LogP) is 2.90. The highest BCUT2D eigenvalue weighted by Gasteiger charge is 2.20. The zero-order valence-electron chi connectivity index (χ0n) is 13.6. The van der Waals surface area contributed by atoms with E-state index in [0.29, 0.717) is 17.0 Å². The summed E-state index contributed by atoms with van der Waals surface area (Å²) in [6, 6.07) is 6.73. The number of carbonyl (C=O) groups is 1. The third-order valence-electron chi connectivity index (χ3n) is 3.65. The normalized spacial score (nSPS) is 11.0. The Morgan fingerprint density at radius 1 is 1.24 bits per heavy atom. The van der Waals surface area contributed by atoms with Crippen LogP contribution in [0.25, 0.3) is 21.8 Å². The SMILES string of the molecule is CC(C)n1cc(-c2nc(C(=O)O)c(N)nc2-c2cccs2)ccc1=O. The molecule has 128 valence electrons. The van der Waals surface area contributed by atoms with Crippen LogP contribution in [0.5, 0.6) is 0 Å². The van der Waals surface area contributed by atoms with Crippen molar-refractivity contribution in [3.05, 3.63) is 51.9 Å². The highest BCUT2D eigenvalue weighted by atomic mass is 32.1. The van der Waals surface area contributed by atoms with Crippen molar-refractivity contribution in [3.63, 3.8) is 0 Å². The summed E-state index contributed by atoms with van der Waals surface area (Å²) in [5, 5.41) is 11.2. The van der Waals surface area contributed by atoms with Crippen molar-refractivity contribution in [2.75, 3.05) is 5.73 Å². The first-order valence-corrected chi connectivity index (χ1v) is 8.43. The van der Waals surface area contributed by atoms with Crippen LogP contribution in [0.3, 0.4) is 0 Å². The first kappa shape index (κ1) is 16.8. The van der Waals surface area contributed by atoms with Crippen LogP contribution in [0, 0.1) is 0 Å². The number of nitrogens with two attached hydrogens (primary N) is 1. The van der Waals surface area contributed by atoms with Gasteiger partial charge in [-0.2, -0.15) is 0 Å². The van der Waals surface area contributed by atoms with Crippen molar-refractivity contribution in [2.24, 2.45) is 0 Å². The van der Waals surface area contributed by atoms with E-state index in [-0.39, 0.29) is 23.1 Å². The summed E-state index contributed by atoms with van der Waals surface area (Å²) >= 11 is 1.45. The molecule has 0 aliphatic heterocycles. The van der Waals surface area contributed by atoms with Gasteiger partial charge in [-0.05, 0) is 31.4 Å². The van der Waals surface area contributed by atoms with Crippen LogP contribution in [-0.4, -0.2) is 25.6 Å². The van der Waals surface area contributed by atoms with Crippen molar-refractivity contribution in [1.29, 1.82) is 0 Å². The van der Waals surface area contributed by atoms with E-state index in [4.69, 9.17) is 5.73 Å². The second-order valence-electron chi connectivity index (χ2n) is 5.69. The fraction of sp³-hybridized carbons (Fsp3) is 0.176. The molecule has 0 amide bonds. The van der Waals surface area contributed by atoms with Crippen LogP contribution in [-0.2, 0) is 0 Å². The smallest absolute Gasteiger partial charge is 0.358 e. The number of carboxylic acids is 1. The molecule has 3 aromatic heterocycles. The lowest BCUT2D eigenvalue weighted by molar-refractivity contribution is 0.0691. The van der Waals surface area contributed by atoms with Crippen molar-refractivity contribution < 1.29 is 9.90 Å². The highest BCUT2D eigenvalue weighted by molar-refractivity contribution is 7.13. The van der Waals surface area contributed by atoms with Crippen LogP contribution < -0.4 is 11.3 Å². The zero-order chi connectivity index (χ0) is 18.1. The van der Waals surface area contributed by atoms with E-state index in [1.807, 2.05) is 31.4 Å². The molecule has 0 aliphatic rings. The third-order valence-corrected chi connectivity index (χ3v) is 4.52. The molecule has 0 spiro atoms. The molecule has 0 saturated heterocycles. The Labute approximate surface area is 147 Å². The van der Waals surface area contributed by atoms with Crippen molar-refractivity contribution in [2.45, 2.75) is 19.9 Å². The van der Waals surface area contributed by atoms with E-state index >= 15 is 0 Å². The maximum Gasteiger partial charge on any atom is 0.358 e. The molecule has 25 heavy (non-hydrogen) atoms. The minimum atomic E-state index is -1.25. The number of anilines is 1. The zero-order valence-corrected chi connectivity index (χ0v) is 14.4. The van der Waals surface area contributed by atoms with E-state index in [9.17, 15) is 14.7 Å². The summed E-state index contributed by atoms with van der Waals surface area (Å²) < 4.78 is 1.56. The fourth-order valence-corrected chi connectivity index (χ4v) is 3.15. The van der Waals surface area contributed by atoms with Gasteiger partial charge >= 0.3 is 5.97 Å². The maximum atomic E-state index is 12.0. The first-order chi connectivity index (χ1) is 11.9.